The summed E-state index contributed by atoms with van der Waals surface area (Å²) in [7, 11) is 1.64. The van der Waals surface area contributed by atoms with Crippen LogP contribution in [0.15, 0.2) is 53.6 Å². The number of nitrogens with two attached hydrogens (primary N) is 1. The number of likely N-dealkylation sites (tertiary alicyclic amines) is 1. The monoisotopic (exact) mass is 553 g/mol. The van der Waals surface area contributed by atoms with Crippen molar-refractivity contribution in [1.82, 2.24) is 15.2 Å². The summed E-state index contributed by atoms with van der Waals surface area (Å²) >= 11 is 6.42. The second-order valence-corrected chi connectivity index (χ2v) is 11.4. The SMILES string of the molecule is CN1N=C2CCN(C(=O)C(CCc3ccc(CO)cc3Cl)NC(=O)C(C)(C)N)CC2(Cc2ccccc2)C1=O. The molecule has 10 heteroatoms. The molecule has 2 unspecified atom stereocenters. The minimum atomic E-state index is -1.18. The molecule has 2 heterocycles. The molecule has 208 valence electrons. The van der Waals surface area contributed by atoms with Gasteiger partial charge in [0.25, 0.3) is 5.91 Å². The molecule has 9 nitrogen and oxygen atoms in total. The van der Waals surface area contributed by atoms with Gasteiger partial charge in [-0.15, -0.1) is 0 Å². The number of benzene rings is 2. The van der Waals surface area contributed by atoms with Crippen LogP contribution in [-0.4, -0.2) is 70.2 Å². The van der Waals surface area contributed by atoms with Gasteiger partial charge in [-0.25, -0.2) is 5.01 Å². The van der Waals surface area contributed by atoms with Crippen molar-refractivity contribution >= 4 is 35.0 Å². The molecular weight excluding hydrogens is 518 g/mol. The summed E-state index contributed by atoms with van der Waals surface area (Å²) in [6.07, 6.45) is 1.60. The van der Waals surface area contributed by atoms with E-state index in [9.17, 15) is 19.5 Å². The van der Waals surface area contributed by atoms with E-state index in [2.05, 4.69) is 10.4 Å². The number of carbonyl (C=O) groups is 3. The van der Waals surface area contributed by atoms with Crippen LogP contribution in [0, 0.1) is 5.41 Å². The van der Waals surface area contributed by atoms with Gasteiger partial charge in [0.15, 0.2) is 0 Å². The molecule has 2 aliphatic rings. The molecule has 1 saturated heterocycles. The first-order valence-corrected chi connectivity index (χ1v) is 13.5. The number of hydrogen-bond donors (Lipinski definition) is 3. The Hall–Kier alpha value is -3.27. The van der Waals surface area contributed by atoms with Crippen molar-refractivity contribution in [3.63, 3.8) is 0 Å². The number of amides is 3. The van der Waals surface area contributed by atoms with E-state index in [-0.39, 0.29) is 31.4 Å². The Morgan fingerprint density at radius 1 is 1.21 bits per heavy atom. The molecule has 2 atom stereocenters. The zero-order chi connectivity index (χ0) is 28.4. The van der Waals surface area contributed by atoms with Crippen molar-refractivity contribution in [3.05, 3.63) is 70.2 Å². The summed E-state index contributed by atoms with van der Waals surface area (Å²) in [5.41, 5.74) is 7.16. The molecule has 0 spiro atoms. The van der Waals surface area contributed by atoms with Gasteiger partial charge in [-0.3, -0.25) is 14.4 Å². The van der Waals surface area contributed by atoms with E-state index in [4.69, 9.17) is 17.3 Å². The largest absolute Gasteiger partial charge is 0.392 e. The molecule has 0 aliphatic carbocycles. The zero-order valence-electron chi connectivity index (χ0n) is 22.6. The topological polar surface area (TPSA) is 128 Å². The highest BCUT2D eigenvalue weighted by atomic mass is 35.5. The van der Waals surface area contributed by atoms with Crippen molar-refractivity contribution in [3.8, 4) is 0 Å². The fourth-order valence-corrected chi connectivity index (χ4v) is 5.53. The summed E-state index contributed by atoms with van der Waals surface area (Å²) in [4.78, 5) is 42.0. The standard InChI is InChI=1S/C29H36ClN5O4/c1-28(2,31)26(38)32-23(12-11-21-10-9-20(17-36)15-22(21)30)25(37)35-14-13-24-29(18-35,27(39)34(3)33-24)16-19-7-5-4-6-8-19/h4-10,15,23,36H,11-14,16-18,31H2,1-3H3,(H,32,38). The fourth-order valence-electron chi connectivity index (χ4n) is 5.23. The molecule has 2 aromatic rings. The van der Waals surface area contributed by atoms with E-state index in [1.165, 1.54) is 5.01 Å². The maximum atomic E-state index is 14.0. The highest BCUT2D eigenvalue weighted by Crippen LogP contribution is 2.38. The lowest BCUT2D eigenvalue weighted by atomic mass is 9.73. The quantitative estimate of drug-likeness (QED) is 0.439. The van der Waals surface area contributed by atoms with E-state index in [0.717, 1.165) is 16.8 Å². The lowest BCUT2D eigenvalue weighted by molar-refractivity contribution is -0.142. The number of carbonyl (C=O) groups excluding carboxylic acids is 3. The molecule has 2 aliphatic heterocycles. The van der Waals surface area contributed by atoms with Crippen LogP contribution in [0.25, 0.3) is 0 Å². The van der Waals surface area contributed by atoms with Crippen molar-refractivity contribution in [2.45, 2.75) is 57.7 Å². The molecule has 4 N–H and O–H groups in total. The number of hydrazone groups is 1. The van der Waals surface area contributed by atoms with Crippen LogP contribution in [0.3, 0.4) is 0 Å². The van der Waals surface area contributed by atoms with Crippen LogP contribution >= 0.6 is 11.6 Å². The molecule has 0 bridgehead atoms. The van der Waals surface area contributed by atoms with Crippen LogP contribution in [0.2, 0.25) is 5.02 Å². The number of aliphatic hydroxyl groups excluding tert-OH is 1. The summed E-state index contributed by atoms with van der Waals surface area (Å²) in [5.74, 6) is -0.861. The van der Waals surface area contributed by atoms with Gasteiger partial charge in [-0.2, -0.15) is 5.10 Å². The van der Waals surface area contributed by atoms with Crippen molar-refractivity contribution in [2.75, 3.05) is 20.1 Å². The number of fused-ring (bicyclic) bond motifs is 1. The first kappa shape index (κ1) is 28.7. The van der Waals surface area contributed by atoms with Crippen LogP contribution in [0.1, 0.15) is 43.4 Å². The molecule has 0 radical (unpaired) electrons. The third-order valence-corrected chi connectivity index (χ3v) is 7.81. The van der Waals surface area contributed by atoms with Crippen LogP contribution in [-0.2, 0) is 33.8 Å². The summed E-state index contributed by atoms with van der Waals surface area (Å²) in [5, 5.41) is 18.6. The highest BCUT2D eigenvalue weighted by molar-refractivity contribution is 6.31. The third-order valence-electron chi connectivity index (χ3n) is 7.46. The van der Waals surface area contributed by atoms with Gasteiger partial charge in [0.05, 0.1) is 17.9 Å². The van der Waals surface area contributed by atoms with E-state index in [0.29, 0.717) is 36.4 Å². The van der Waals surface area contributed by atoms with E-state index < -0.39 is 22.9 Å². The molecule has 2 aromatic carbocycles. The van der Waals surface area contributed by atoms with Crippen molar-refractivity contribution < 1.29 is 19.5 Å². The second-order valence-electron chi connectivity index (χ2n) is 11.0. The predicted molar refractivity (Wildman–Crippen MR) is 150 cm³/mol. The van der Waals surface area contributed by atoms with Gasteiger partial charge in [0, 0.05) is 31.6 Å². The third kappa shape index (κ3) is 6.16. The molecule has 3 amide bonds. The number of piperidine rings is 1. The summed E-state index contributed by atoms with van der Waals surface area (Å²) < 4.78 is 0. The maximum Gasteiger partial charge on any atom is 0.256 e. The van der Waals surface area contributed by atoms with Gasteiger partial charge in [0.1, 0.15) is 11.5 Å². The summed E-state index contributed by atoms with van der Waals surface area (Å²) in [6, 6.07) is 14.1. The van der Waals surface area contributed by atoms with Crippen molar-refractivity contribution in [2.24, 2.45) is 16.3 Å². The predicted octanol–water partition coefficient (Wildman–Crippen LogP) is 2.28. The van der Waals surface area contributed by atoms with E-state index in [1.807, 2.05) is 36.4 Å². The molecular formula is C29H36ClN5O4. The highest BCUT2D eigenvalue weighted by Gasteiger charge is 2.53. The molecule has 4 rings (SSSR count). The number of halogens is 1. The Balaban J connectivity index is 1.59. The average Bonchev–Trinajstić information content (AvgIpc) is 3.15. The zero-order valence-corrected chi connectivity index (χ0v) is 23.4. The lowest BCUT2D eigenvalue weighted by Gasteiger charge is -2.41. The molecule has 0 aromatic heterocycles. The van der Waals surface area contributed by atoms with Gasteiger partial charge in [-0.05, 0) is 55.9 Å². The second kappa shape index (κ2) is 11.5. The number of hydrogen-bond acceptors (Lipinski definition) is 6. The van der Waals surface area contributed by atoms with Gasteiger partial charge in [-0.1, -0.05) is 54.1 Å². The lowest BCUT2D eigenvalue weighted by Crippen LogP contribution is -2.60. The minimum Gasteiger partial charge on any atom is -0.392 e. The van der Waals surface area contributed by atoms with E-state index in [1.54, 1.807) is 37.9 Å². The maximum absolute atomic E-state index is 14.0. The minimum absolute atomic E-state index is 0.123. The number of nitrogens with one attached hydrogen (secondary N) is 1. The number of nitrogens with zero attached hydrogens (tertiary/aromatic N) is 3. The normalized spacial score (nSPS) is 19.9. The van der Waals surface area contributed by atoms with Gasteiger partial charge < -0.3 is 21.1 Å². The Morgan fingerprint density at radius 2 is 1.92 bits per heavy atom. The van der Waals surface area contributed by atoms with Crippen LogP contribution in [0.5, 0.6) is 0 Å². The van der Waals surface area contributed by atoms with Crippen LogP contribution < -0.4 is 11.1 Å². The first-order chi connectivity index (χ1) is 18.4. The number of aliphatic hydroxyl groups is 1. The van der Waals surface area contributed by atoms with Gasteiger partial charge in [0.2, 0.25) is 11.8 Å². The van der Waals surface area contributed by atoms with Crippen LogP contribution in [0.4, 0.5) is 0 Å². The number of rotatable bonds is 9. The smallest absolute Gasteiger partial charge is 0.256 e. The average molecular weight is 554 g/mol. The van der Waals surface area contributed by atoms with E-state index >= 15 is 0 Å². The first-order valence-electron chi connectivity index (χ1n) is 13.1. The molecule has 0 saturated carbocycles. The number of aryl methyl sites for hydroxylation is 1. The molecule has 39 heavy (non-hydrogen) atoms. The Labute approximate surface area is 234 Å². The van der Waals surface area contributed by atoms with Gasteiger partial charge >= 0.3 is 0 Å². The Kier molecular flexibility index (Phi) is 8.44. The fraction of sp³-hybridized carbons (Fsp3) is 0.448. The van der Waals surface area contributed by atoms with Crippen molar-refractivity contribution in [1.29, 1.82) is 0 Å². The molecule has 1 fully saturated rings. The Bertz CT molecular complexity index is 1280. The summed E-state index contributed by atoms with van der Waals surface area (Å²) in [6.45, 7) is 3.61. The Morgan fingerprint density at radius 3 is 2.56 bits per heavy atom.